The maximum absolute atomic E-state index is 13.8. The van der Waals surface area contributed by atoms with Crippen LogP contribution < -0.4 is 10.2 Å². The molecule has 0 bridgehead atoms. The molecule has 1 amide bonds. The SMILES string of the molecule is CC(C)(C)OC(=O)N1CCc2cc(Nc3ncc(C(F)(F)F)c(N4CCc5ccccc54)n3)ccc2C1. The van der Waals surface area contributed by atoms with Crippen LogP contribution in [0.1, 0.15) is 43.0 Å². The molecule has 37 heavy (non-hydrogen) atoms. The second-order valence-corrected chi connectivity index (χ2v) is 10.2. The number of benzene rings is 2. The second-order valence-electron chi connectivity index (χ2n) is 10.2. The number of ether oxygens (including phenoxy) is 1. The second kappa shape index (κ2) is 9.24. The standard InChI is InChI=1S/C27H28F3N5O2/c1-26(2,3)37-25(36)34-12-10-18-14-20(9-8-19(18)16-34)32-24-31-15-21(27(28,29)30)23(33-24)35-13-11-17-6-4-5-7-22(17)35/h4-9,14-15H,10-13,16H2,1-3H3,(H,31,32,33). The van der Waals surface area contributed by atoms with Crippen LogP contribution in [-0.4, -0.2) is 39.7 Å². The summed E-state index contributed by atoms with van der Waals surface area (Å²) in [5, 5.41) is 3.06. The lowest BCUT2D eigenvalue weighted by Crippen LogP contribution is -2.39. The van der Waals surface area contributed by atoms with E-state index in [1.165, 1.54) is 0 Å². The monoisotopic (exact) mass is 511 g/mol. The van der Waals surface area contributed by atoms with Gasteiger partial charge in [-0.3, -0.25) is 0 Å². The van der Waals surface area contributed by atoms with E-state index >= 15 is 0 Å². The summed E-state index contributed by atoms with van der Waals surface area (Å²) >= 11 is 0. The molecule has 1 N–H and O–H groups in total. The minimum atomic E-state index is -4.59. The van der Waals surface area contributed by atoms with Gasteiger partial charge in [0.2, 0.25) is 5.95 Å². The number of fused-ring (bicyclic) bond motifs is 2. The fourth-order valence-electron chi connectivity index (χ4n) is 4.64. The highest BCUT2D eigenvalue weighted by atomic mass is 19.4. The summed E-state index contributed by atoms with van der Waals surface area (Å²) in [5.41, 5.74) is 2.97. The lowest BCUT2D eigenvalue weighted by molar-refractivity contribution is -0.137. The molecular formula is C27H28F3N5O2. The van der Waals surface area contributed by atoms with Gasteiger partial charge in [0.1, 0.15) is 11.2 Å². The predicted molar refractivity (Wildman–Crippen MR) is 134 cm³/mol. The van der Waals surface area contributed by atoms with Crippen molar-refractivity contribution in [2.24, 2.45) is 0 Å². The lowest BCUT2D eigenvalue weighted by Gasteiger charge is -2.31. The Morgan fingerprint density at radius 1 is 1.00 bits per heavy atom. The Morgan fingerprint density at radius 2 is 1.76 bits per heavy atom. The molecule has 0 saturated heterocycles. The van der Waals surface area contributed by atoms with Gasteiger partial charge in [-0.25, -0.2) is 9.78 Å². The zero-order valence-electron chi connectivity index (χ0n) is 20.9. The zero-order chi connectivity index (χ0) is 26.4. The Morgan fingerprint density at radius 3 is 2.51 bits per heavy atom. The number of para-hydroxylation sites is 1. The number of amides is 1. The summed E-state index contributed by atoms with van der Waals surface area (Å²) < 4.78 is 47.0. The van der Waals surface area contributed by atoms with Gasteiger partial charge in [-0.1, -0.05) is 24.3 Å². The summed E-state index contributed by atoms with van der Waals surface area (Å²) in [5.74, 6) is -0.0839. The van der Waals surface area contributed by atoms with Crippen LogP contribution >= 0.6 is 0 Å². The van der Waals surface area contributed by atoms with Gasteiger partial charge < -0.3 is 19.9 Å². The van der Waals surface area contributed by atoms with Crippen LogP contribution in [0.25, 0.3) is 0 Å². The van der Waals surface area contributed by atoms with E-state index in [0.717, 1.165) is 28.6 Å². The third-order valence-corrected chi connectivity index (χ3v) is 6.34. The molecule has 2 aliphatic rings. The number of hydrogen-bond donors (Lipinski definition) is 1. The van der Waals surface area contributed by atoms with Crippen molar-refractivity contribution in [3.63, 3.8) is 0 Å². The lowest BCUT2D eigenvalue weighted by atomic mass is 9.99. The zero-order valence-corrected chi connectivity index (χ0v) is 20.9. The van der Waals surface area contributed by atoms with Gasteiger partial charge in [0.05, 0.1) is 0 Å². The number of alkyl halides is 3. The number of carbonyl (C=O) groups excluding carboxylic acids is 1. The summed E-state index contributed by atoms with van der Waals surface area (Å²) in [7, 11) is 0. The molecule has 2 aliphatic heterocycles. The topological polar surface area (TPSA) is 70.6 Å². The van der Waals surface area contributed by atoms with Crippen molar-refractivity contribution < 1.29 is 22.7 Å². The van der Waals surface area contributed by atoms with E-state index in [1.807, 2.05) is 63.2 Å². The maximum Gasteiger partial charge on any atom is 0.421 e. The number of nitrogens with zero attached hydrogens (tertiary/aromatic N) is 4. The Kier molecular flexibility index (Phi) is 6.21. The summed E-state index contributed by atoms with van der Waals surface area (Å²) in [6.45, 7) is 6.85. The quantitative estimate of drug-likeness (QED) is 0.450. The van der Waals surface area contributed by atoms with Crippen molar-refractivity contribution >= 4 is 29.2 Å². The minimum absolute atomic E-state index is 0.0820. The van der Waals surface area contributed by atoms with E-state index in [2.05, 4.69) is 15.3 Å². The number of aromatic nitrogens is 2. The van der Waals surface area contributed by atoms with Gasteiger partial charge in [0.15, 0.2) is 5.82 Å². The number of hydrogen-bond acceptors (Lipinski definition) is 6. The molecule has 2 aromatic carbocycles. The van der Waals surface area contributed by atoms with Crippen LogP contribution in [0.2, 0.25) is 0 Å². The number of carbonyl (C=O) groups is 1. The number of anilines is 4. The van der Waals surface area contributed by atoms with Gasteiger partial charge in [-0.15, -0.1) is 0 Å². The Balaban J connectivity index is 1.38. The number of nitrogens with one attached hydrogen (secondary N) is 1. The first-order valence-electron chi connectivity index (χ1n) is 12.1. The number of halogens is 3. The average Bonchev–Trinajstić information content (AvgIpc) is 3.26. The first kappa shape index (κ1) is 24.9. The highest BCUT2D eigenvalue weighted by Gasteiger charge is 2.38. The molecule has 3 aromatic rings. The van der Waals surface area contributed by atoms with Crippen LogP contribution in [0.3, 0.4) is 0 Å². The van der Waals surface area contributed by atoms with Crippen molar-refractivity contribution in [3.05, 3.63) is 70.9 Å². The van der Waals surface area contributed by atoms with Crippen molar-refractivity contribution in [2.75, 3.05) is 23.3 Å². The molecule has 10 heteroatoms. The van der Waals surface area contributed by atoms with Crippen molar-refractivity contribution in [1.82, 2.24) is 14.9 Å². The fourth-order valence-corrected chi connectivity index (χ4v) is 4.64. The summed E-state index contributed by atoms with van der Waals surface area (Å²) in [6, 6.07) is 13.0. The van der Waals surface area contributed by atoms with E-state index in [9.17, 15) is 18.0 Å². The maximum atomic E-state index is 13.8. The molecule has 0 unspecified atom stereocenters. The normalized spacial score (nSPS) is 15.3. The highest BCUT2D eigenvalue weighted by molar-refractivity contribution is 5.71. The molecule has 0 aliphatic carbocycles. The first-order chi connectivity index (χ1) is 17.5. The van der Waals surface area contributed by atoms with Crippen LogP contribution in [0.4, 0.5) is 41.1 Å². The molecule has 0 spiro atoms. The third kappa shape index (κ3) is 5.33. The molecule has 7 nitrogen and oxygen atoms in total. The van der Waals surface area contributed by atoms with Crippen LogP contribution in [0.15, 0.2) is 48.7 Å². The largest absolute Gasteiger partial charge is 0.444 e. The molecule has 0 fully saturated rings. The highest BCUT2D eigenvalue weighted by Crippen LogP contribution is 2.41. The van der Waals surface area contributed by atoms with Crippen LogP contribution in [0, 0.1) is 0 Å². The van der Waals surface area contributed by atoms with Crippen molar-refractivity contribution in [1.29, 1.82) is 0 Å². The van der Waals surface area contributed by atoms with E-state index in [1.54, 1.807) is 9.80 Å². The van der Waals surface area contributed by atoms with E-state index in [0.29, 0.717) is 38.2 Å². The molecular weight excluding hydrogens is 483 g/mol. The summed E-state index contributed by atoms with van der Waals surface area (Å²) in [4.78, 5) is 24.0. The number of rotatable bonds is 3. The molecule has 5 rings (SSSR count). The average molecular weight is 512 g/mol. The van der Waals surface area contributed by atoms with Crippen LogP contribution in [0.5, 0.6) is 0 Å². The Bertz CT molecular complexity index is 1340. The van der Waals surface area contributed by atoms with Crippen molar-refractivity contribution in [2.45, 2.75) is 51.9 Å². The minimum Gasteiger partial charge on any atom is -0.444 e. The van der Waals surface area contributed by atoms with Crippen LogP contribution in [-0.2, 0) is 30.3 Å². The molecule has 3 heterocycles. The molecule has 1 aromatic heterocycles. The van der Waals surface area contributed by atoms with E-state index in [-0.39, 0.29) is 17.9 Å². The van der Waals surface area contributed by atoms with E-state index in [4.69, 9.17) is 4.74 Å². The fraction of sp³-hybridized carbons (Fsp3) is 0.370. The van der Waals surface area contributed by atoms with Gasteiger partial charge in [-0.05, 0) is 68.5 Å². The first-order valence-corrected chi connectivity index (χ1v) is 12.1. The molecule has 0 atom stereocenters. The van der Waals surface area contributed by atoms with Gasteiger partial charge in [0.25, 0.3) is 0 Å². The van der Waals surface area contributed by atoms with Gasteiger partial charge in [-0.2, -0.15) is 18.2 Å². The smallest absolute Gasteiger partial charge is 0.421 e. The third-order valence-electron chi connectivity index (χ3n) is 6.34. The van der Waals surface area contributed by atoms with Crippen molar-refractivity contribution in [3.8, 4) is 0 Å². The summed E-state index contributed by atoms with van der Waals surface area (Å²) in [6.07, 6.45) is -2.83. The van der Waals surface area contributed by atoms with E-state index < -0.39 is 17.3 Å². The molecule has 0 saturated carbocycles. The van der Waals surface area contributed by atoms with Gasteiger partial charge in [0, 0.05) is 37.2 Å². The Hall–Kier alpha value is -3.82. The predicted octanol–water partition coefficient (Wildman–Crippen LogP) is 6.23. The molecule has 0 radical (unpaired) electrons. The molecule has 194 valence electrons. The van der Waals surface area contributed by atoms with Gasteiger partial charge >= 0.3 is 12.3 Å². The Labute approximate surface area is 213 Å².